The van der Waals surface area contributed by atoms with Gasteiger partial charge in [0, 0.05) is 41.6 Å². The molecule has 3 aliphatic heterocycles. The van der Waals surface area contributed by atoms with Gasteiger partial charge < -0.3 is 39.0 Å². The first-order valence-electron chi connectivity index (χ1n) is 19.9. The number of cyclic esters (lactones) is 1. The number of likely N-dealkylation sites (N-methyl/N-ethyl adjacent to an activating group) is 1. The Bertz CT molecular complexity index is 1830. The van der Waals surface area contributed by atoms with Crippen molar-refractivity contribution in [1.82, 2.24) is 20.2 Å². The topological polar surface area (TPSA) is 176 Å². The summed E-state index contributed by atoms with van der Waals surface area (Å²) in [5, 5.41) is 15.1. The summed E-state index contributed by atoms with van der Waals surface area (Å²) in [4.78, 5) is 66.1. The van der Waals surface area contributed by atoms with Gasteiger partial charge in [0.25, 0.3) is 5.67 Å². The number of ether oxygens (including phenoxy) is 5. The van der Waals surface area contributed by atoms with Crippen LogP contribution >= 0.6 is 0 Å². The van der Waals surface area contributed by atoms with Crippen LogP contribution in [0.5, 0.6) is 0 Å². The summed E-state index contributed by atoms with van der Waals surface area (Å²) < 4.78 is 47.9. The van der Waals surface area contributed by atoms with Gasteiger partial charge in [0.15, 0.2) is 23.3 Å². The van der Waals surface area contributed by atoms with Crippen LogP contribution in [0, 0.1) is 17.8 Å². The molecule has 13 atom stereocenters. The summed E-state index contributed by atoms with van der Waals surface area (Å²) in [6.45, 7) is 12.5. The predicted octanol–water partition coefficient (Wildman–Crippen LogP) is 4.99. The fraction of sp³-hybridized carbons (Fsp3) is 0.667. The van der Waals surface area contributed by atoms with Gasteiger partial charge >= 0.3 is 12.1 Å². The van der Waals surface area contributed by atoms with E-state index in [0.29, 0.717) is 18.5 Å². The number of aromatic nitrogens is 2. The van der Waals surface area contributed by atoms with Crippen LogP contribution in [-0.2, 0) is 38.1 Å². The molecule has 15 heteroatoms. The fourth-order valence-electron chi connectivity index (χ4n) is 8.75. The first kappa shape index (κ1) is 44.2. The lowest BCUT2D eigenvalue weighted by Gasteiger charge is -2.47. The number of amides is 1. The zero-order chi connectivity index (χ0) is 42.0. The molecule has 0 aliphatic carbocycles. The van der Waals surface area contributed by atoms with Crippen LogP contribution in [-0.4, -0.2) is 124 Å². The van der Waals surface area contributed by atoms with E-state index in [1.807, 2.05) is 51.0 Å². The van der Waals surface area contributed by atoms with Gasteiger partial charge in [0.1, 0.15) is 18.0 Å². The molecule has 3 saturated heterocycles. The molecule has 3 aliphatic rings. The highest BCUT2D eigenvalue weighted by Crippen LogP contribution is 2.41. The minimum Gasteiger partial charge on any atom is -0.455 e. The van der Waals surface area contributed by atoms with Crippen molar-refractivity contribution in [3.05, 3.63) is 42.2 Å². The average molecular weight is 799 g/mol. The Kier molecular flexibility index (Phi) is 13.6. The molecule has 0 bridgehead atoms. The number of esters is 1. The molecule has 0 spiro atoms. The van der Waals surface area contributed by atoms with Gasteiger partial charge in [-0.15, -0.1) is 0 Å². The maximum Gasteiger partial charge on any atom is 0.408 e. The number of fused-ring (bicyclic) bond motifs is 2. The highest BCUT2D eigenvalue weighted by Gasteiger charge is 2.59. The van der Waals surface area contributed by atoms with E-state index in [4.69, 9.17) is 23.7 Å². The number of halogens is 1. The van der Waals surface area contributed by atoms with Gasteiger partial charge in [-0.1, -0.05) is 46.3 Å². The molecule has 5 rings (SSSR count). The zero-order valence-corrected chi connectivity index (χ0v) is 34.7. The summed E-state index contributed by atoms with van der Waals surface area (Å²) in [6, 6.07) is 4.28. The first-order valence-corrected chi connectivity index (χ1v) is 19.9. The summed E-state index contributed by atoms with van der Waals surface area (Å²) in [6.07, 6.45) is 1.69. The Balaban J connectivity index is 1.59. The number of nitrogens with one attached hydrogen (secondary N) is 1. The Morgan fingerprint density at radius 1 is 1.09 bits per heavy atom. The number of nitrogens with zero attached hydrogens (tertiary/aromatic N) is 3. The van der Waals surface area contributed by atoms with Crippen LogP contribution < -0.4 is 5.32 Å². The number of Topliss-reactive ketones (excluding diaryl/α,β-unsaturated/α-hetero) is 2. The quantitative estimate of drug-likeness (QED) is 0.257. The summed E-state index contributed by atoms with van der Waals surface area (Å²) in [5.74, 6) is -5.95. The average Bonchev–Trinajstić information content (AvgIpc) is 3.48. The van der Waals surface area contributed by atoms with Crippen molar-refractivity contribution in [3.63, 3.8) is 0 Å². The van der Waals surface area contributed by atoms with Crippen molar-refractivity contribution in [2.45, 2.75) is 141 Å². The first-order chi connectivity index (χ1) is 26.7. The molecule has 1 unspecified atom stereocenters. The Morgan fingerprint density at radius 3 is 2.49 bits per heavy atom. The molecule has 314 valence electrons. The minimum absolute atomic E-state index is 0.0466. The lowest BCUT2D eigenvalue weighted by Crippen LogP contribution is -2.61. The number of aliphatic hydroxyl groups excluding tert-OH is 1. The van der Waals surface area contributed by atoms with Crippen LogP contribution in [0.2, 0.25) is 0 Å². The highest BCUT2D eigenvalue weighted by molar-refractivity contribution is 6.08. The normalized spacial score (nSPS) is 38.5. The van der Waals surface area contributed by atoms with Crippen molar-refractivity contribution in [3.8, 4) is 0 Å². The van der Waals surface area contributed by atoms with E-state index in [1.165, 1.54) is 6.92 Å². The maximum absolute atomic E-state index is 17.0. The van der Waals surface area contributed by atoms with Crippen LogP contribution in [0.25, 0.3) is 17.1 Å². The van der Waals surface area contributed by atoms with Gasteiger partial charge in [-0.3, -0.25) is 9.59 Å². The van der Waals surface area contributed by atoms with E-state index < -0.39 is 83.1 Å². The van der Waals surface area contributed by atoms with Crippen LogP contribution in [0.15, 0.2) is 36.7 Å². The lowest BCUT2D eigenvalue weighted by molar-refractivity contribution is -0.297. The number of pyridine rings is 2. The summed E-state index contributed by atoms with van der Waals surface area (Å²) in [5.41, 5.74) is -4.95. The van der Waals surface area contributed by atoms with Crippen molar-refractivity contribution in [2.75, 3.05) is 20.7 Å². The maximum atomic E-state index is 17.0. The van der Waals surface area contributed by atoms with E-state index in [9.17, 15) is 24.3 Å². The van der Waals surface area contributed by atoms with Gasteiger partial charge in [-0.2, -0.15) is 0 Å². The van der Waals surface area contributed by atoms with Crippen molar-refractivity contribution < 1.29 is 52.4 Å². The molecule has 57 heavy (non-hydrogen) atoms. The number of ketones is 2. The number of rotatable bonds is 9. The number of aliphatic hydroxyl groups is 1. The molecular formula is C42H59FN4O10. The second-order valence-corrected chi connectivity index (χ2v) is 16.8. The molecular weight excluding hydrogens is 739 g/mol. The van der Waals surface area contributed by atoms with Crippen LogP contribution in [0.1, 0.15) is 86.6 Å². The second kappa shape index (κ2) is 17.5. The van der Waals surface area contributed by atoms with Gasteiger partial charge in [-0.05, 0) is 84.8 Å². The highest BCUT2D eigenvalue weighted by atomic mass is 19.1. The van der Waals surface area contributed by atoms with Gasteiger partial charge in [-0.25, -0.2) is 23.9 Å². The largest absolute Gasteiger partial charge is 0.455 e. The number of alkyl carbamates (subject to hydrolysis) is 1. The molecule has 14 nitrogen and oxygen atoms in total. The van der Waals surface area contributed by atoms with E-state index in [1.54, 1.807) is 52.2 Å². The molecule has 0 saturated carbocycles. The summed E-state index contributed by atoms with van der Waals surface area (Å²) in [7, 11) is 3.64. The van der Waals surface area contributed by atoms with E-state index in [2.05, 4.69) is 15.3 Å². The second-order valence-electron chi connectivity index (χ2n) is 16.8. The van der Waals surface area contributed by atoms with Crippen LogP contribution in [0.3, 0.4) is 0 Å². The van der Waals surface area contributed by atoms with Crippen molar-refractivity contribution in [2.24, 2.45) is 17.8 Å². The fourth-order valence-corrected chi connectivity index (χ4v) is 8.75. The Labute approximate surface area is 334 Å². The van der Waals surface area contributed by atoms with E-state index in [0.717, 1.165) is 17.9 Å². The Hall–Kier alpha value is -3.89. The van der Waals surface area contributed by atoms with Crippen LogP contribution in [0.4, 0.5) is 9.18 Å². The van der Waals surface area contributed by atoms with E-state index in [-0.39, 0.29) is 37.4 Å². The van der Waals surface area contributed by atoms with Crippen molar-refractivity contribution in [1.29, 1.82) is 0 Å². The molecule has 5 heterocycles. The number of alkyl halides is 1. The summed E-state index contributed by atoms with van der Waals surface area (Å²) >= 11 is 0. The molecule has 0 radical (unpaired) electrons. The monoisotopic (exact) mass is 798 g/mol. The Morgan fingerprint density at radius 2 is 1.81 bits per heavy atom. The smallest absolute Gasteiger partial charge is 0.408 e. The molecule has 2 N–H and O–H groups in total. The molecule has 0 aromatic carbocycles. The third-order valence-electron chi connectivity index (χ3n) is 12.0. The molecule has 1 amide bonds. The van der Waals surface area contributed by atoms with E-state index >= 15 is 4.39 Å². The van der Waals surface area contributed by atoms with Crippen molar-refractivity contribution >= 4 is 40.7 Å². The predicted molar refractivity (Wildman–Crippen MR) is 208 cm³/mol. The number of carbonyl (C=O) groups excluding carboxylic acids is 4. The molecule has 3 fully saturated rings. The molecule has 2 aromatic heterocycles. The van der Waals surface area contributed by atoms with Gasteiger partial charge in [0.05, 0.1) is 30.5 Å². The number of hydrogen-bond acceptors (Lipinski definition) is 13. The third-order valence-corrected chi connectivity index (χ3v) is 12.0. The number of carbonyl (C=O) groups is 4. The SMILES string of the molecule is CCC[C@H]1OC(=O)[C@@](C)(F)C(=O)[C@H](C)[C@@H](O[C@@H]2O[C@H](C)C[C@H](N(C)C)[C@H]2O)[C@](C)(OC/C=C/c2cnc3ncccc3c2)C[C@@H](C)C(=O)[C@H](C)C2NC(=O)O[C@@]21C. The van der Waals surface area contributed by atoms with Gasteiger partial charge in [0.2, 0.25) is 0 Å². The zero-order valence-electron chi connectivity index (χ0n) is 34.7. The third kappa shape index (κ3) is 9.22. The minimum atomic E-state index is -3.20. The lowest BCUT2D eigenvalue weighted by atomic mass is 9.73. The standard InChI is InChI=1S/C42H59FN4O10/c1-11-14-30-42(8)33(46-39(52)57-42)25(4)31(48)23(2)21-40(6,53-18-13-15-27-20-28-16-12-17-44-36(28)45-22-27)35(26(5)34(50)41(7,43)38(51)55-30)56-37-32(49)29(47(9)10)19-24(3)54-37/h12-13,15-17,20,22-26,29-30,32-33,35,37,49H,11,14,18-19,21H2,1-10H3,(H,46,52)/b15-13+/t23-,24-,25+,26+,29+,30-,32-,33?,35-,37+,40-,41+,42-/m1/s1. The number of hydrogen-bond donors (Lipinski definition) is 2. The molecule has 2 aromatic rings.